The highest BCUT2D eigenvalue weighted by Gasteiger charge is 2.19. The summed E-state index contributed by atoms with van der Waals surface area (Å²) in [5.41, 5.74) is 2.27. The molecule has 144 valence electrons. The first-order valence-corrected chi connectivity index (χ1v) is 9.70. The molecule has 0 radical (unpaired) electrons. The molecule has 5 heteroatoms. The van der Waals surface area contributed by atoms with Crippen LogP contribution in [0.3, 0.4) is 0 Å². The fourth-order valence-corrected chi connectivity index (χ4v) is 3.30. The molecule has 0 saturated carbocycles. The molecule has 1 amide bonds. The third-order valence-corrected chi connectivity index (χ3v) is 4.89. The predicted molar refractivity (Wildman–Crippen MR) is 105 cm³/mol. The molecule has 1 aliphatic heterocycles. The lowest BCUT2D eigenvalue weighted by molar-refractivity contribution is -0.128. The first kappa shape index (κ1) is 19.2. The Morgan fingerprint density at radius 2 is 1.81 bits per heavy atom. The van der Waals surface area contributed by atoms with E-state index in [4.69, 9.17) is 4.74 Å². The van der Waals surface area contributed by atoms with E-state index in [2.05, 4.69) is 22.3 Å². The van der Waals surface area contributed by atoms with E-state index in [1.54, 1.807) is 12.1 Å². The molecule has 1 atom stereocenters. The number of hydrogen-bond acceptors (Lipinski definition) is 3. The van der Waals surface area contributed by atoms with E-state index in [-0.39, 0.29) is 11.7 Å². The number of benzene rings is 2. The van der Waals surface area contributed by atoms with Gasteiger partial charge in [-0.25, -0.2) is 4.39 Å². The molecule has 1 aliphatic rings. The van der Waals surface area contributed by atoms with E-state index >= 15 is 0 Å². The van der Waals surface area contributed by atoms with Gasteiger partial charge >= 0.3 is 0 Å². The zero-order valence-electron chi connectivity index (χ0n) is 15.8. The molecule has 0 bridgehead atoms. The van der Waals surface area contributed by atoms with Gasteiger partial charge in [0.05, 0.1) is 0 Å². The van der Waals surface area contributed by atoms with Crippen molar-refractivity contribution in [3.8, 4) is 5.75 Å². The second kappa shape index (κ2) is 9.40. The molecule has 0 unspecified atom stereocenters. The number of carbonyl (C=O) groups is 1. The lowest BCUT2D eigenvalue weighted by atomic mass is 10.1. The summed E-state index contributed by atoms with van der Waals surface area (Å²) in [6.45, 7) is 4.50. The van der Waals surface area contributed by atoms with E-state index in [0.29, 0.717) is 13.0 Å². The molecule has 1 N–H and O–H groups in total. The van der Waals surface area contributed by atoms with Gasteiger partial charge in [-0.05, 0) is 55.5 Å². The minimum absolute atomic E-state index is 0.102. The molecule has 1 heterocycles. The monoisotopic (exact) mass is 370 g/mol. The molecule has 4 nitrogen and oxygen atoms in total. The van der Waals surface area contributed by atoms with Crippen LogP contribution in [0, 0.1) is 5.82 Å². The van der Waals surface area contributed by atoms with Crippen LogP contribution in [-0.4, -0.2) is 25.1 Å². The van der Waals surface area contributed by atoms with Crippen LogP contribution < -0.4 is 15.0 Å². The Hall–Kier alpha value is -2.56. The number of halogens is 1. The van der Waals surface area contributed by atoms with Crippen LogP contribution in [-0.2, 0) is 11.3 Å². The largest absolute Gasteiger partial charge is 0.478 e. The van der Waals surface area contributed by atoms with E-state index in [9.17, 15) is 9.18 Å². The second-order valence-electron chi connectivity index (χ2n) is 6.88. The van der Waals surface area contributed by atoms with Crippen LogP contribution in [0.4, 0.5) is 10.1 Å². The Labute approximate surface area is 160 Å². The normalized spacial score (nSPS) is 15.3. The molecule has 0 aliphatic carbocycles. The number of amides is 1. The van der Waals surface area contributed by atoms with Crippen LogP contribution in [0.15, 0.2) is 48.5 Å². The lowest BCUT2D eigenvalue weighted by Gasteiger charge is -2.28. The minimum atomic E-state index is -0.713. The number of piperidine rings is 1. The number of hydrogen-bond donors (Lipinski definition) is 1. The summed E-state index contributed by atoms with van der Waals surface area (Å²) in [5, 5.41) is 2.89. The van der Waals surface area contributed by atoms with Gasteiger partial charge in [0.25, 0.3) is 5.91 Å². The van der Waals surface area contributed by atoms with Gasteiger partial charge in [-0.2, -0.15) is 0 Å². The molecule has 1 fully saturated rings. The first-order chi connectivity index (χ1) is 13.2. The number of nitrogens with zero attached hydrogens (tertiary/aromatic N) is 1. The van der Waals surface area contributed by atoms with Crippen molar-refractivity contribution < 1.29 is 13.9 Å². The summed E-state index contributed by atoms with van der Waals surface area (Å²) >= 11 is 0. The maximum absolute atomic E-state index is 13.7. The van der Waals surface area contributed by atoms with E-state index in [1.165, 1.54) is 37.1 Å². The Balaban J connectivity index is 1.53. The Bertz CT molecular complexity index is 742. The highest BCUT2D eigenvalue weighted by molar-refractivity contribution is 5.81. The van der Waals surface area contributed by atoms with Crippen molar-refractivity contribution in [3.05, 3.63) is 59.9 Å². The SMILES string of the molecule is CC[C@@H](Oc1ccccc1F)C(=O)NCc1ccc(N2CCCCC2)cc1. The van der Waals surface area contributed by atoms with Gasteiger partial charge < -0.3 is 15.0 Å². The van der Waals surface area contributed by atoms with Crippen LogP contribution in [0.25, 0.3) is 0 Å². The Morgan fingerprint density at radius 1 is 1.11 bits per heavy atom. The summed E-state index contributed by atoms with van der Waals surface area (Å²) in [7, 11) is 0. The van der Waals surface area contributed by atoms with E-state index in [1.807, 2.05) is 19.1 Å². The molecule has 3 rings (SSSR count). The smallest absolute Gasteiger partial charge is 0.261 e. The minimum Gasteiger partial charge on any atom is -0.478 e. The number of ether oxygens (including phenoxy) is 1. The summed E-state index contributed by atoms with van der Waals surface area (Å²) < 4.78 is 19.3. The highest BCUT2D eigenvalue weighted by Crippen LogP contribution is 2.21. The van der Waals surface area contributed by atoms with Crippen LogP contribution >= 0.6 is 0 Å². The van der Waals surface area contributed by atoms with Gasteiger partial charge in [-0.1, -0.05) is 31.2 Å². The molecule has 27 heavy (non-hydrogen) atoms. The third-order valence-electron chi connectivity index (χ3n) is 4.89. The van der Waals surface area contributed by atoms with Crippen molar-refractivity contribution in [2.75, 3.05) is 18.0 Å². The third kappa shape index (κ3) is 5.22. The molecular formula is C22H27FN2O2. The van der Waals surface area contributed by atoms with Gasteiger partial charge in [0.1, 0.15) is 0 Å². The Morgan fingerprint density at radius 3 is 2.48 bits per heavy atom. The van der Waals surface area contributed by atoms with Crippen molar-refractivity contribution in [2.45, 2.75) is 45.3 Å². The van der Waals surface area contributed by atoms with Crippen LogP contribution in [0.2, 0.25) is 0 Å². The summed E-state index contributed by atoms with van der Waals surface area (Å²) in [4.78, 5) is 14.8. The van der Waals surface area contributed by atoms with Crippen molar-refractivity contribution in [2.24, 2.45) is 0 Å². The molecule has 2 aromatic rings. The number of para-hydroxylation sites is 1. The summed E-state index contributed by atoms with van der Waals surface area (Å²) in [6.07, 6.45) is 3.56. The van der Waals surface area contributed by atoms with Gasteiger partial charge in [-0.15, -0.1) is 0 Å². The van der Waals surface area contributed by atoms with Crippen molar-refractivity contribution in [1.82, 2.24) is 5.32 Å². The van der Waals surface area contributed by atoms with E-state index in [0.717, 1.165) is 18.7 Å². The van der Waals surface area contributed by atoms with Crippen molar-refractivity contribution in [3.63, 3.8) is 0 Å². The second-order valence-corrected chi connectivity index (χ2v) is 6.88. The zero-order valence-corrected chi connectivity index (χ0v) is 15.8. The zero-order chi connectivity index (χ0) is 19.1. The fourth-order valence-electron chi connectivity index (χ4n) is 3.30. The van der Waals surface area contributed by atoms with Crippen LogP contribution in [0.5, 0.6) is 5.75 Å². The summed E-state index contributed by atoms with van der Waals surface area (Å²) in [5.74, 6) is -0.594. The molecule has 2 aromatic carbocycles. The highest BCUT2D eigenvalue weighted by atomic mass is 19.1. The van der Waals surface area contributed by atoms with E-state index < -0.39 is 11.9 Å². The maximum Gasteiger partial charge on any atom is 0.261 e. The molecular weight excluding hydrogens is 343 g/mol. The van der Waals surface area contributed by atoms with Crippen LogP contribution in [0.1, 0.15) is 38.2 Å². The standard InChI is InChI=1S/C22H27FN2O2/c1-2-20(27-21-9-5-4-8-19(21)23)22(26)24-16-17-10-12-18(13-11-17)25-14-6-3-7-15-25/h4-5,8-13,20H,2-3,6-7,14-16H2,1H3,(H,24,26)/t20-/m1/s1. The molecule has 0 aromatic heterocycles. The Kier molecular flexibility index (Phi) is 6.69. The maximum atomic E-state index is 13.7. The average Bonchev–Trinajstić information content (AvgIpc) is 2.72. The number of anilines is 1. The molecule has 0 spiro atoms. The summed E-state index contributed by atoms with van der Waals surface area (Å²) in [6, 6.07) is 14.4. The van der Waals surface area contributed by atoms with Gasteiger partial charge in [0.2, 0.25) is 0 Å². The number of rotatable bonds is 7. The predicted octanol–water partition coefficient (Wildman–Crippen LogP) is 4.29. The molecule has 1 saturated heterocycles. The van der Waals surface area contributed by atoms with Gasteiger partial charge in [0.15, 0.2) is 17.7 Å². The average molecular weight is 370 g/mol. The fraction of sp³-hybridized carbons (Fsp3) is 0.409. The van der Waals surface area contributed by atoms with Crippen molar-refractivity contribution >= 4 is 11.6 Å². The topological polar surface area (TPSA) is 41.6 Å². The van der Waals surface area contributed by atoms with Gasteiger partial charge in [0, 0.05) is 25.3 Å². The first-order valence-electron chi connectivity index (χ1n) is 9.70. The number of carbonyl (C=O) groups excluding carboxylic acids is 1. The number of nitrogens with one attached hydrogen (secondary N) is 1. The quantitative estimate of drug-likeness (QED) is 0.790. The lowest BCUT2D eigenvalue weighted by Crippen LogP contribution is -2.37. The van der Waals surface area contributed by atoms with Crippen molar-refractivity contribution in [1.29, 1.82) is 0 Å². The van der Waals surface area contributed by atoms with Gasteiger partial charge in [-0.3, -0.25) is 4.79 Å².